The number of sulfone groups is 1. The van der Waals surface area contributed by atoms with Gasteiger partial charge in [0.25, 0.3) is 0 Å². The summed E-state index contributed by atoms with van der Waals surface area (Å²) < 4.78 is 35.3. The number of anilines is 1. The van der Waals surface area contributed by atoms with Gasteiger partial charge < -0.3 is 14.8 Å². The van der Waals surface area contributed by atoms with Gasteiger partial charge in [-0.25, -0.2) is 8.42 Å². The van der Waals surface area contributed by atoms with Gasteiger partial charge in [-0.1, -0.05) is 6.07 Å². The monoisotopic (exact) mass is 377 g/mol. The maximum absolute atomic E-state index is 12.4. The van der Waals surface area contributed by atoms with Crippen molar-refractivity contribution in [1.82, 2.24) is 0 Å². The molecule has 26 heavy (non-hydrogen) atoms. The lowest BCUT2D eigenvalue weighted by Gasteiger charge is -2.10. The van der Waals surface area contributed by atoms with Crippen molar-refractivity contribution in [2.24, 2.45) is 0 Å². The average molecular weight is 377 g/mol. The summed E-state index contributed by atoms with van der Waals surface area (Å²) in [6.45, 7) is 3.79. The second-order valence-electron chi connectivity index (χ2n) is 5.99. The molecule has 0 aliphatic rings. The lowest BCUT2D eigenvalue weighted by Crippen LogP contribution is -2.17. The zero-order chi connectivity index (χ0) is 19.2. The Hall–Kier alpha value is -2.54. The molecule has 0 aromatic heterocycles. The number of hydrogen-bond donors (Lipinski definition) is 1. The van der Waals surface area contributed by atoms with E-state index in [0.29, 0.717) is 17.2 Å². The summed E-state index contributed by atoms with van der Waals surface area (Å²) in [6, 6.07) is 13.1. The van der Waals surface area contributed by atoms with E-state index in [1.54, 1.807) is 36.4 Å². The van der Waals surface area contributed by atoms with E-state index in [1.807, 2.05) is 13.8 Å². The predicted octanol–water partition coefficient (Wildman–Crippen LogP) is 3.28. The van der Waals surface area contributed by atoms with Crippen molar-refractivity contribution < 1.29 is 22.7 Å². The highest BCUT2D eigenvalue weighted by atomic mass is 32.2. The highest BCUT2D eigenvalue weighted by Crippen LogP contribution is 2.20. The molecular weight excluding hydrogens is 354 g/mol. The molecule has 0 atom stereocenters. The van der Waals surface area contributed by atoms with E-state index >= 15 is 0 Å². The van der Waals surface area contributed by atoms with Gasteiger partial charge in [-0.3, -0.25) is 4.79 Å². The second-order valence-corrected chi connectivity index (χ2v) is 8.10. The van der Waals surface area contributed by atoms with Crippen molar-refractivity contribution >= 4 is 21.4 Å². The number of rotatable bonds is 8. The summed E-state index contributed by atoms with van der Waals surface area (Å²) in [5.74, 6) is 0.572. The average Bonchev–Trinajstić information content (AvgIpc) is 2.60. The Morgan fingerprint density at radius 1 is 1.08 bits per heavy atom. The van der Waals surface area contributed by atoms with Crippen LogP contribution in [0.15, 0.2) is 53.4 Å². The molecule has 0 aliphatic carbocycles. The first-order valence-corrected chi connectivity index (χ1v) is 9.89. The lowest BCUT2D eigenvalue weighted by molar-refractivity contribution is -0.115. The number of benzene rings is 2. The lowest BCUT2D eigenvalue weighted by atomic mass is 10.3. The van der Waals surface area contributed by atoms with Crippen LogP contribution in [0.3, 0.4) is 0 Å². The first-order valence-electron chi connectivity index (χ1n) is 8.23. The van der Waals surface area contributed by atoms with Gasteiger partial charge in [0, 0.05) is 18.2 Å². The molecule has 0 aliphatic heterocycles. The third-order valence-electron chi connectivity index (χ3n) is 3.51. The number of carbonyl (C=O) groups is 1. The minimum Gasteiger partial charge on any atom is -0.497 e. The summed E-state index contributed by atoms with van der Waals surface area (Å²) in [5, 5.41) is 2.67. The molecule has 2 aromatic rings. The Balaban J connectivity index is 1.95. The Bertz CT molecular complexity index is 844. The normalized spacial score (nSPS) is 11.2. The molecule has 2 aromatic carbocycles. The van der Waals surface area contributed by atoms with Gasteiger partial charge in [-0.2, -0.15) is 0 Å². The third kappa shape index (κ3) is 5.77. The van der Waals surface area contributed by atoms with Gasteiger partial charge in [0.2, 0.25) is 5.91 Å². The topological polar surface area (TPSA) is 81.7 Å². The quantitative estimate of drug-likeness (QED) is 0.763. The number of carbonyl (C=O) groups excluding carboxylic acids is 1. The number of hydrogen-bond acceptors (Lipinski definition) is 5. The smallest absolute Gasteiger partial charge is 0.225 e. The van der Waals surface area contributed by atoms with Gasteiger partial charge in [-0.05, 0) is 50.2 Å². The first-order chi connectivity index (χ1) is 12.3. The summed E-state index contributed by atoms with van der Waals surface area (Å²) in [7, 11) is -2.01. The molecule has 6 nitrogen and oxygen atoms in total. The minimum atomic E-state index is -3.55. The molecule has 0 saturated heterocycles. The van der Waals surface area contributed by atoms with Crippen LogP contribution >= 0.6 is 0 Å². The fourth-order valence-electron chi connectivity index (χ4n) is 2.27. The van der Waals surface area contributed by atoms with Crippen LogP contribution in [0.1, 0.15) is 20.3 Å². The van der Waals surface area contributed by atoms with Crippen molar-refractivity contribution in [1.29, 1.82) is 0 Å². The Morgan fingerprint density at radius 2 is 1.77 bits per heavy atom. The fourth-order valence-corrected chi connectivity index (χ4v) is 3.51. The van der Waals surface area contributed by atoms with Gasteiger partial charge in [0.15, 0.2) is 9.84 Å². The second kappa shape index (κ2) is 8.71. The maximum atomic E-state index is 12.4. The van der Waals surface area contributed by atoms with Crippen molar-refractivity contribution in [3.05, 3.63) is 48.5 Å². The fraction of sp³-hybridized carbons (Fsp3) is 0.316. The van der Waals surface area contributed by atoms with E-state index in [-0.39, 0.29) is 29.1 Å². The molecule has 7 heteroatoms. The van der Waals surface area contributed by atoms with Crippen LogP contribution in [-0.4, -0.2) is 33.3 Å². The van der Waals surface area contributed by atoms with E-state index in [2.05, 4.69) is 5.32 Å². The predicted molar refractivity (Wildman–Crippen MR) is 100 cm³/mol. The van der Waals surface area contributed by atoms with Gasteiger partial charge in [0.05, 0.1) is 23.9 Å². The van der Waals surface area contributed by atoms with Gasteiger partial charge in [0.1, 0.15) is 11.5 Å². The summed E-state index contributed by atoms with van der Waals surface area (Å²) in [5.41, 5.74) is 0.557. The van der Waals surface area contributed by atoms with E-state index < -0.39 is 9.84 Å². The Morgan fingerprint density at radius 3 is 2.38 bits per heavy atom. The van der Waals surface area contributed by atoms with Crippen LogP contribution in [0.5, 0.6) is 11.5 Å². The van der Waals surface area contributed by atoms with E-state index in [9.17, 15) is 13.2 Å². The molecule has 0 saturated carbocycles. The maximum Gasteiger partial charge on any atom is 0.225 e. The van der Waals surface area contributed by atoms with E-state index in [0.717, 1.165) is 0 Å². The molecular formula is C19H23NO5S. The largest absolute Gasteiger partial charge is 0.497 e. The molecule has 0 unspecified atom stereocenters. The van der Waals surface area contributed by atoms with Crippen molar-refractivity contribution in [2.45, 2.75) is 31.3 Å². The zero-order valence-corrected chi connectivity index (χ0v) is 15.9. The SMILES string of the molecule is COc1cccc(NC(=O)CCS(=O)(=O)c2ccc(OC(C)C)cc2)c1. The number of methoxy groups -OCH3 is 1. The van der Waals surface area contributed by atoms with E-state index in [4.69, 9.17) is 9.47 Å². The Labute approximate surface area is 154 Å². The van der Waals surface area contributed by atoms with Crippen molar-refractivity contribution in [3.63, 3.8) is 0 Å². The molecule has 140 valence electrons. The van der Waals surface area contributed by atoms with Crippen molar-refractivity contribution in [3.8, 4) is 11.5 Å². The number of ether oxygens (including phenoxy) is 2. The molecule has 0 radical (unpaired) electrons. The molecule has 1 amide bonds. The molecule has 2 rings (SSSR count). The van der Waals surface area contributed by atoms with Crippen LogP contribution in [0.4, 0.5) is 5.69 Å². The van der Waals surface area contributed by atoms with Crippen molar-refractivity contribution in [2.75, 3.05) is 18.2 Å². The standard InChI is InChI=1S/C19H23NO5S/c1-14(2)25-16-7-9-18(10-8-16)26(22,23)12-11-19(21)20-15-5-4-6-17(13-15)24-3/h4-10,13-14H,11-12H2,1-3H3,(H,20,21). The van der Waals surface area contributed by atoms with Crippen LogP contribution in [0.25, 0.3) is 0 Å². The highest BCUT2D eigenvalue weighted by Gasteiger charge is 2.17. The summed E-state index contributed by atoms with van der Waals surface area (Å²) >= 11 is 0. The van der Waals surface area contributed by atoms with Gasteiger partial charge >= 0.3 is 0 Å². The first kappa shape index (κ1) is 19.8. The van der Waals surface area contributed by atoms with Crippen LogP contribution in [0.2, 0.25) is 0 Å². The zero-order valence-electron chi connectivity index (χ0n) is 15.1. The molecule has 0 fully saturated rings. The van der Waals surface area contributed by atoms with Crippen LogP contribution < -0.4 is 14.8 Å². The van der Waals surface area contributed by atoms with Crippen LogP contribution in [0, 0.1) is 0 Å². The van der Waals surface area contributed by atoms with Crippen LogP contribution in [-0.2, 0) is 14.6 Å². The Kier molecular flexibility index (Phi) is 6.63. The minimum absolute atomic E-state index is 0.0118. The summed E-state index contributed by atoms with van der Waals surface area (Å²) in [6.07, 6.45) is -0.123. The highest BCUT2D eigenvalue weighted by molar-refractivity contribution is 7.91. The van der Waals surface area contributed by atoms with E-state index in [1.165, 1.54) is 19.2 Å². The number of nitrogens with one attached hydrogen (secondary N) is 1. The molecule has 0 heterocycles. The number of amides is 1. The third-order valence-corrected chi connectivity index (χ3v) is 5.24. The molecule has 0 bridgehead atoms. The molecule has 1 N–H and O–H groups in total. The molecule has 0 spiro atoms. The van der Waals surface area contributed by atoms with Gasteiger partial charge in [-0.15, -0.1) is 0 Å². The summed E-state index contributed by atoms with van der Waals surface area (Å²) in [4.78, 5) is 12.2.